The van der Waals surface area contributed by atoms with Crippen LogP contribution in [0.4, 0.5) is 23.7 Å². The smallest absolute Gasteiger partial charge is 0.416 e. The van der Waals surface area contributed by atoms with E-state index in [1.54, 1.807) is 18.2 Å². The largest absolute Gasteiger partial charge is 0.490 e. The number of hydrogen-bond acceptors (Lipinski definition) is 4. The van der Waals surface area contributed by atoms with E-state index in [9.17, 15) is 22.8 Å². The van der Waals surface area contributed by atoms with Crippen molar-refractivity contribution in [3.63, 3.8) is 0 Å². The third-order valence-corrected chi connectivity index (χ3v) is 3.74. The van der Waals surface area contributed by atoms with Crippen LogP contribution in [0.5, 0.6) is 11.5 Å². The fourth-order valence-corrected chi connectivity index (χ4v) is 2.50. The number of anilines is 1. The van der Waals surface area contributed by atoms with Crippen LogP contribution in [-0.2, 0) is 17.4 Å². The van der Waals surface area contributed by atoms with E-state index in [-0.39, 0.29) is 12.1 Å². The Hall–Kier alpha value is -3.43. The molecule has 2 aromatic carbocycles. The quantitative estimate of drug-likeness (QED) is 0.587. The van der Waals surface area contributed by atoms with E-state index in [0.717, 1.165) is 12.1 Å². The lowest BCUT2D eigenvalue weighted by Gasteiger charge is -2.13. The van der Waals surface area contributed by atoms with E-state index < -0.39 is 23.7 Å². The van der Waals surface area contributed by atoms with Crippen molar-refractivity contribution in [3.8, 4) is 11.5 Å². The van der Waals surface area contributed by atoms with Crippen LogP contribution < -0.4 is 25.6 Å². The number of benzene rings is 2. The fraction of sp³-hybridized carbons (Fsp3) is 0.300. The minimum absolute atomic E-state index is 0.0592. The molecule has 0 radical (unpaired) electrons. The van der Waals surface area contributed by atoms with Crippen LogP contribution in [0, 0.1) is 0 Å². The van der Waals surface area contributed by atoms with Crippen LogP contribution in [0.2, 0.25) is 0 Å². The zero-order valence-corrected chi connectivity index (χ0v) is 16.4. The van der Waals surface area contributed by atoms with Crippen molar-refractivity contribution < 1.29 is 32.2 Å². The number of carbonyl (C=O) groups excluding carboxylic acids is 2. The van der Waals surface area contributed by atoms with Crippen LogP contribution in [0.25, 0.3) is 0 Å². The van der Waals surface area contributed by atoms with E-state index in [1.165, 1.54) is 12.1 Å². The normalized spacial score (nSPS) is 10.8. The van der Waals surface area contributed by atoms with Gasteiger partial charge in [0.25, 0.3) is 0 Å². The molecule has 0 atom stereocenters. The van der Waals surface area contributed by atoms with Crippen molar-refractivity contribution in [1.29, 1.82) is 0 Å². The molecule has 30 heavy (non-hydrogen) atoms. The van der Waals surface area contributed by atoms with Crippen molar-refractivity contribution in [2.24, 2.45) is 0 Å². The molecule has 7 nitrogen and oxygen atoms in total. The second-order valence-corrected chi connectivity index (χ2v) is 6.03. The molecule has 162 valence electrons. The van der Waals surface area contributed by atoms with Gasteiger partial charge in [0.15, 0.2) is 11.5 Å². The van der Waals surface area contributed by atoms with Gasteiger partial charge in [0.2, 0.25) is 5.91 Å². The molecule has 0 unspecified atom stereocenters. The Bertz CT molecular complexity index is 888. The van der Waals surface area contributed by atoms with Crippen LogP contribution >= 0.6 is 0 Å². The number of carbonyl (C=O) groups is 2. The molecule has 0 aliphatic rings. The molecule has 0 aliphatic carbocycles. The Morgan fingerprint density at radius 1 is 0.933 bits per heavy atom. The molecule has 2 aromatic rings. The predicted molar refractivity (Wildman–Crippen MR) is 104 cm³/mol. The first-order valence-corrected chi connectivity index (χ1v) is 9.14. The second kappa shape index (κ2) is 10.4. The van der Waals surface area contributed by atoms with Gasteiger partial charge in [-0.1, -0.05) is 12.1 Å². The lowest BCUT2D eigenvalue weighted by molar-refractivity contribution is -0.137. The first-order chi connectivity index (χ1) is 14.2. The Labute approximate surface area is 171 Å². The summed E-state index contributed by atoms with van der Waals surface area (Å²) < 4.78 is 49.1. The van der Waals surface area contributed by atoms with E-state index in [1.807, 2.05) is 13.8 Å². The van der Waals surface area contributed by atoms with Gasteiger partial charge in [0.1, 0.15) is 0 Å². The van der Waals surface area contributed by atoms with Gasteiger partial charge in [-0.15, -0.1) is 0 Å². The number of halogens is 3. The number of ether oxygens (including phenoxy) is 2. The van der Waals surface area contributed by atoms with Gasteiger partial charge >= 0.3 is 12.2 Å². The first kappa shape index (κ1) is 22.9. The number of alkyl halides is 3. The molecule has 0 aliphatic heterocycles. The molecular formula is C20H22F3N3O4. The number of rotatable bonds is 7. The van der Waals surface area contributed by atoms with Gasteiger partial charge < -0.3 is 14.8 Å². The second-order valence-electron chi connectivity index (χ2n) is 6.03. The first-order valence-electron chi connectivity index (χ1n) is 9.14. The SMILES string of the molecule is CCOc1ccc(CC(=O)NNC(=O)Nc2cccc(C(F)(F)F)c2)cc1OCC. The maximum absolute atomic E-state index is 12.7. The molecule has 10 heteroatoms. The van der Waals surface area contributed by atoms with Gasteiger partial charge in [0.05, 0.1) is 25.2 Å². The zero-order chi connectivity index (χ0) is 22.1. The van der Waals surface area contributed by atoms with Gasteiger partial charge in [-0.3, -0.25) is 10.2 Å². The van der Waals surface area contributed by atoms with Crippen molar-refractivity contribution in [1.82, 2.24) is 10.9 Å². The van der Waals surface area contributed by atoms with E-state index in [2.05, 4.69) is 16.2 Å². The summed E-state index contributed by atoms with van der Waals surface area (Å²) in [6.07, 6.45) is -4.59. The molecule has 0 bridgehead atoms. The van der Waals surface area contributed by atoms with E-state index in [4.69, 9.17) is 9.47 Å². The molecule has 2 rings (SSSR count). The highest BCUT2D eigenvalue weighted by Crippen LogP contribution is 2.30. The topological polar surface area (TPSA) is 88.7 Å². The summed E-state index contributed by atoms with van der Waals surface area (Å²) in [7, 11) is 0. The summed E-state index contributed by atoms with van der Waals surface area (Å²) in [6, 6.07) is 8.29. The summed E-state index contributed by atoms with van der Waals surface area (Å²) in [6.45, 7) is 4.55. The van der Waals surface area contributed by atoms with E-state index >= 15 is 0 Å². The summed E-state index contributed by atoms with van der Waals surface area (Å²) in [4.78, 5) is 23.9. The van der Waals surface area contributed by atoms with Gasteiger partial charge in [-0.25, -0.2) is 10.2 Å². The number of urea groups is 1. The van der Waals surface area contributed by atoms with Crippen LogP contribution in [0.1, 0.15) is 25.0 Å². The van der Waals surface area contributed by atoms with Gasteiger partial charge in [-0.2, -0.15) is 13.2 Å². The fourth-order valence-electron chi connectivity index (χ4n) is 2.50. The summed E-state index contributed by atoms with van der Waals surface area (Å²) in [5.41, 5.74) is 3.95. The van der Waals surface area contributed by atoms with Crippen LogP contribution in [0.15, 0.2) is 42.5 Å². The molecule has 0 spiro atoms. The average Bonchev–Trinajstić information content (AvgIpc) is 2.68. The molecule has 3 N–H and O–H groups in total. The Morgan fingerprint density at radius 2 is 1.63 bits per heavy atom. The highest BCUT2D eigenvalue weighted by Gasteiger charge is 2.30. The summed E-state index contributed by atoms with van der Waals surface area (Å²) >= 11 is 0. The minimum Gasteiger partial charge on any atom is -0.490 e. The number of hydrogen-bond donors (Lipinski definition) is 3. The Morgan fingerprint density at radius 3 is 2.30 bits per heavy atom. The summed E-state index contributed by atoms with van der Waals surface area (Å²) in [5, 5.41) is 2.22. The predicted octanol–water partition coefficient (Wildman–Crippen LogP) is 3.90. The maximum Gasteiger partial charge on any atom is 0.416 e. The van der Waals surface area contributed by atoms with Gasteiger partial charge in [0, 0.05) is 5.69 Å². The lowest BCUT2D eigenvalue weighted by Crippen LogP contribution is -2.44. The Kier molecular flexibility index (Phi) is 7.90. The van der Waals surface area contributed by atoms with Crippen molar-refractivity contribution in [2.45, 2.75) is 26.4 Å². The third kappa shape index (κ3) is 6.87. The molecule has 0 fully saturated rings. The van der Waals surface area contributed by atoms with Crippen LogP contribution in [-0.4, -0.2) is 25.2 Å². The number of amides is 3. The Balaban J connectivity index is 1.90. The number of hydrazine groups is 1. The monoisotopic (exact) mass is 425 g/mol. The molecule has 3 amide bonds. The zero-order valence-electron chi connectivity index (χ0n) is 16.4. The molecule has 0 heterocycles. The van der Waals surface area contributed by atoms with E-state index in [0.29, 0.717) is 30.3 Å². The highest BCUT2D eigenvalue weighted by atomic mass is 19.4. The summed E-state index contributed by atoms with van der Waals surface area (Å²) in [5.74, 6) is 0.530. The maximum atomic E-state index is 12.7. The van der Waals surface area contributed by atoms with Gasteiger partial charge in [-0.05, 0) is 49.7 Å². The molecule has 0 aromatic heterocycles. The van der Waals surface area contributed by atoms with Crippen LogP contribution in [0.3, 0.4) is 0 Å². The van der Waals surface area contributed by atoms with Crippen molar-refractivity contribution in [3.05, 3.63) is 53.6 Å². The average molecular weight is 425 g/mol. The highest BCUT2D eigenvalue weighted by molar-refractivity contribution is 5.91. The van der Waals surface area contributed by atoms with Crippen molar-refractivity contribution >= 4 is 17.6 Å². The minimum atomic E-state index is -4.53. The third-order valence-electron chi connectivity index (χ3n) is 3.74. The van der Waals surface area contributed by atoms with Crippen molar-refractivity contribution in [2.75, 3.05) is 18.5 Å². The molecule has 0 saturated carbocycles. The standard InChI is InChI=1S/C20H22F3N3O4/c1-3-29-16-9-8-13(10-17(16)30-4-2)11-18(27)25-26-19(28)24-15-7-5-6-14(12-15)20(21,22)23/h5-10,12H,3-4,11H2,1-2H3,(H,25,27)(H2,24,26,28). The molecule has 0 saturated heterocycles. The number of nitrogens with one attached hydrogen (secondary N) is 3. The lowest BCUT2D eigenvalue weighted by atomic mass is 10.1. The molecular weight excluding hydrogens is 403 g/mol.